The van der Waals surface area contributed by atoms with Gasteiger partial charge >= 0.3 is 0 Å². The number of aromatic nitrogens is 4. The summed E-state index contributed by atoms with van der Waals surface area (Å²) in [6.07, 6.45) is 3.82. The van der Waals surface area contributed by atoms with Crippen molar-refractivity contribution in [2.45, 2.75) is 50.4 Å². The average molecular weight is 285 g/mol. The van der Waals surface area contributed by atoms with Crippen molar-refractivity contribution in [3.05, 3.63) is 0 Å². The van der Waals surface area contributed by atoms with E-state index in [9.17, 15) is 0 Å². The SMILES string of the molecule is CC(C)OCCCNCCSc1nnnn1C1CC1. The van der Waals surface area contributed by atoms with Crippen molar-refractivity contribution in [1.82, 2.24) is 25.5 Å². The monoisotopic (exact) mass is 285 g/mol. The summed E-state index contributed by atoms with van der Waals surface area (Å²) in [7, 11) is 0. The quantitative estimate of drug-likeness (QED) is 0.519. The minimum Gasteiger partial charge on any atom is -0.379 e. The molecule has 6 nitrogen and oxygen atoms in total. The van der Waals surface area contributed by atoms with Gasteiger partial charge in [-0.05, 0) is 50.1 Å². The minimum atomic E-state index is 0.330. The zero-order valence-corrected chi connectivity index (χ0v) is 12.5. The smallest absolute Gasteiger partial charge is 0.209 e. The predicted octanol–water partition coefficient (Wildman–Crippen LogP) is 1.50. The van der Waals surface area contributed by atoms with Gasteiger partial charge < -0.3 is 10.1 Å². The maximum absolute atomic E-state index is 5.48. The number of hydrogen-bond acceptors (Lipinski definition) is 6. The van der Waals surface area contributed by atoms with Gasteiger partial charge in [0.05, 0.1) is 12.1 Å². The second kappa shape index (κ2) is 7.81. The molecule has 0 aromatic carbocycles. The second-order valence-corrected chi connectivity index (χ2v) is 6.07. The van der Waals surface area contributed by atoms with E-state index in [-0.39, 0.29) is 0 Å². The van der Waals surface area contributed by atoms with Gasteiger partial charge in [-0.25, -0.2) is 4.68 Å². The Labute approximate surface area is 118 Å². The molecule has 1 N–H and O–H groups in total. The highest BCUT2D eigenvalue weighted by molar-refractivity contribution is 7.99. The van der Waals surface area contributed by atoms with Gasteiger partial charge in [0.25, 0.3) is 0 Å². The van der Waals surface area contributed by atoms with Crippen LogP contribution in [0.15, 0.2) is 5.16 Å². The third-order valence-corrected chi connectivity index (χ3v) is 3.75. The van der Waals surface area contributed by atoms with Crippen molar-refractivity contribution in [2.24, 2.45) is 0 Å². The van der Waals surface area contributed by atoms with Crippen molar-refractivity contribution >= 4 is 11.8 Å². The summed E-state index contributed by atoms with van der Waals surface area (Å²) < 4.78 is 7.44. The van der Waals surface area contributed by atoms with E-state index in [4.69, 9.17) is 4.74 Å². The molecule has 7 heteroatoms. The van der Waals surface area contributed by atoms with Crippen LogP contribution in [0.4, 0.5) is 0 Å². The molecule has 0 unspecified atom stereocenters. The van der Waals surface area contributed by atoms with Crippen LogP contribution >= 0.6 is 11.8 Å². The van der Waals surface area contributed by atoms with E-state index in [1.54, 1.807) is 11.8 Å². The highest BCUT2D eigenvalue weighted by atomic mass is 32.2. The lowest BCUT2D eigenvalue weighted by molar-refractivity contribution is 0.0772. The summed E-state index contributed by atoms with van der Waals surface area (Å²) in [6, 6.07) is 0.554. The molecule has 1 aromatic heterocycles. The Morgan fingerprint density at radius 3 is 3.00 bits per heavy atom. The molecule has 1 fully saturated rings. The molecule has 19 heavy (non-hydrogen) atoms. The lowest BCUT2D eigenvalue weighted by Crippen LogP contribution is -2.20. The zero-order valence-electron chi connectivity index (χ0n) is 11.7. The number of hydrogen-bond donors (Lipinski definition) is 1. The van der Waals surface area contributed by atoms with Crippen LogP contribution in [-0.4, -0.2) is 51.8 Å². The standard InChI is InChI=1S/C12H23N5OS/c1-10(2)18-8-3-6-13-7-9-19-12-14-15-16-17(12)11-4-5-11/h10-11,13H,3-9H2,1-2H3. The number of ether oxygens (including phenoxy) is 1. The molecule has 0 atom stereocenters. The van der Waals surface area contributed by atoms with Crippen molar-refractivity contribution in [3.63, 3.8) is 0 Å². The van der Waals surface area contributed by atoms with E-state index in [1.807, 2.05) is 4.68 Å². The zero-order chi connectivity index (χ0) is 13.5. The van der Waals surface area contributed by atoms with Crippen molar-refractivity contribution in [1.29, 1.82) is 0 Å². The Hall–Kier alpha value is -0.660. The highest BCUT2D eigenvalue weighted by Gasteiger charge is 2.27. The normalized spacial score (nSPS) is 15.3. The molecule has 0 saturated heterocycles. The molecule has 0 spiro atoms. The Morgan fingerprint density at radius 1 is 1.42 bits per heavy atom. The van der Waals surface area contributed by atoms with Gasteiger partial charge in [0.1, 0.15) is 0 Å². The fraction of sp³-hybridized carbons (Fsp3) is 0.917. The van der Waals surface area contributed by atoms with Gasteiger partial charge in [-0.15, -0.1) is 5.10 Å². The Morgan fingerprint density at radius 2 is 2.26 bits per heavy atom. The van der Waals surface area contributed by atoms with Gasteiger partial charge in [-0.1, -0.05) is 11.8 Å². The molecule has 0 amide bonds. The summed E-state index contributed by atoms with van der Waals surface area (Å²) in [5.41, 5.74) is 0. The van der Waals surface area contributed by atoms with Crippen molar-refractivity contribution in [2.75, 3.05) is 25.4 Å². The van der Waals surface area contributed by atoms with Gasteiger partial charge in [0, 0.05) is 18.9 Å². The van der Waals surface area contributed by atoms with Crippen LogP contribution in [-0.2, 0) is 4.74 Å². The Kier molecular flexibility index (Phi) is 6.06. The highest BCUT2D eigenvalue weighted by Crippen LogP contribution is 2.36. The fourth-order valence-electron chi connectivity index (χ4n) is 1.68. The van der Waals surface area contributed by atoms with Gasteiger partial charge in [-0.3, -0.25) is 0 Å². The first-order valence-electron chi connectivity index (χ1n) is 7.00. The predicted molar refractivity (Wildman–Crippen MR) is 75.4 cm³/mol. The summed E-state index contributed by atoms with van der Waals surface area (Å²) in [6.45, 7) is 6.94. The van der Waals surface area contributed by atoms with E-state index in [2.05, 4.69) is 34.7 Å². The number of rotatable bonds is 10. The molecule has 108 valence electrons. The summed E-state index contributed by atoms with van der Waals surface area (Å²) in [4.78, 5) is 0. The van der Waals surface area contributed by atoms with E-state index < -0.39 is 0 Å². The van der Waals surface area contributed by atoms with Crippen LogP contribution in [0.5, 0.6) is 0 Å². The molecule has 1 aromatic rings. The van der Waals surface area contributed by atoms with Gasteiger partial charge in [0.15, 0.2) is 0 Å². The summed E-state index contributed by atoms with van der Waals surface area (Å²) in [5, 5.41) is 16.2. The molecule has 0 aliphatic heterocycles. The van der Waals surface area contributed by atoms with Crippen LogP contribution < -0.4 is 5.32 Å². The number of nitrogens with zero attached hydrogens (tertiary/aromatic N) is 4. The van der Waals surface area contributed by atoms with Crippen LogP contribution in [0.1, 0.15) is 39.2 Å². The third-order valence-electron chi connectivity index (χ3n) is 2.81. The molecule has 2 rings (SSSR count). The van der Waals surface area contributed by atoms with Crippen LogP contribution in [0.25, 0.3) is 0 Å². The molecule has 1 saturated carbocycles. The molecular formula is C12H23N5OS. The van der Waals surface area contributed by atoms with Crippen LogP contribution in [0.2, 0.25) is 0 Å². The average Bonchev–Trinajstić information content (AvgIpc) is 3.12. The summed E-state index contributed by atoms with van der Waals surface area (Å²) >= 11 is 1.72. The lowest BCUT2D eigenvalue weighted by atomic mass is 10.4. The van der Waals surface area contributed by atoms with Gasteiger partial charge in [-0.2, -0.15) is 0 Å². The number of thioether (sulfide) groups is 1. The van der Waals surface area contributed by atoms with E-state index >= 15 is 0 Å². The van der Waals surface area contributed by atoms with E-state index in [0.717, 1.165) is 37.0 Å². The molecule has 0 radical (unpaired) electrons. The first-order valence-corrected chi connectivity index (χ1v) is 7.99. The first kappa shape index (κ1) is 14.7. The van der Waals surface area contributed by atoms with E-state index in [0.29, 0.717) is 12.1 Å². The maximum Gasteiger partial charge on any atom is 0.209 e. The summed E-state index contributed by atoms with van der Waals surface area (Å²) in [5.74, 6) is 0.998. The Bertz CT molecular complexity index is 367. The second-order valence-electron chi connectivity index (χ2n) is 5.01. The molecule has 1 heterocycles. The first-order chi connectivity index (χ1) is 9.27. The van der Waals surface area contributed by atoms with E-state index in [1.165, 1.54) is 12.8 Å². The van der Waals surface area contributed by atoms with Crippen molar-refractivity contribution < 1.29 is 4.74 Å². The topological polar surface area (TPSA) is 64.9 Å². The van der Waals surface area contributed by atoms with Crippen molar-refractivity contribution in [3.8, 4) is 0 Å². The maximum atomic E-state index is 5.48. The molecule has 1 aliphatic rings. The lowest BCUT2D eigenvalue weighted by Gasteiger charge is -2.08. The molecular weight excluding hydrogens is 262 g/mol. The number of tetrazole rings is 1. The number of nitrogens with one attached hydrogen (secondary N) is 1. The Balaban J connectivity index is 1.49. The third kappa shape index (κ3) is 5.46. The van der Waals surface area contributed by atoms with Gasteiger partial charge in [0.2, 0.25) is 5.16 Å². The fourth-order valence-corrected chi connectivity index (χ4v) is 2.53. The minimum absolute atomic E-state index is 0.330. The molecule has 0 bridgehead atoms. The van der Waals surface area contributed by atoms with Crippen LogP contribution in [0, 0.1) is 0 Å². The largest absolute Gasteiger partial charge is 0.379 e. The van der Waals surface area contributed by atoms with Crippen LogP contribution in [0.3, 0.4) is 0 Å². The molecule has 1 aliphatic carbocycles.